The molecule has 30 heavy (non-hydrogen) atoms. The van der Waals surface area contributed by atoms with Gasteiger partial charge >= 0.3 is 5.69 Å². The van der Waals surface area contributed by atoms with Crippen molar-refractivity contribution in [2.24, 2.45) is 14.1 Å². The quantitative estimate of drug-likeness (QED) is 0.506. The molecule has 9 heteroatoms. The molecule has 0 radical (unpaired) electrons. The van der Waals surface area contributed by atoms with E-state index in [1.54, 1.807) is 44.2 Å². The van der Waals surface area contributed by atoms with Crippen molar-refractivity contribution in [3.63, 3.8) is 0 Å². The van der Waals surface area contributed by atoms with Crippen molar-refractivity contribution >= 4 is 35.7 Å². The first-order valence-corrected chi connectivity index (χ1v) is 9.24. The number of pyridine rings is 1. The molecule has 0 atom stereocenters. The number of hydrogen-bond acceptors (Lipinski definition) is 4. The Morgan fingerprint density at radius 1 is 0.900 bits per heavy atom. The van der Waals surface area contributed by atoms with Gasteiger partial charge in [0, 0.05) is 20.2 Å². The number of hydrogen-bond donors (Lipinski definition) is 1. The smallest absolute Gasteiger partial charge is 0.336 e. The van der Waals surface area contributed by atoms with Gasteiger partial charge in [-0.25, -0.2) is 13.8 Å². The highest BCUT2D eigenvalue weighted by Gasteiger charge is 2.20. The summed E-state index contributed by atoms with van der Waals surface area (Å²) in [5.41, 5.74) is -0.0277. The monoisotopic (exact) mass is 404 g/mol. The first-order valence-electron chi connectivity index (χ1n) is 9.24. The summed E-state index contributed by atoms with van der Waals surface area (Å²) >= 11 is 0. The van der Waals surface area contributed by atoms with Crippen LogP contribution in [0.25, 0.3) is 16.7 Å². The molecule has 0 unspecified atom stereocenters. The molecule has 4 rings (SSSR count). The summed E-state index contributed by atoms with van der Waals surface area (Å²) < 4.78 is 17.9. The third-order valence-electron chi connectivity index (χ3n) is 5.03. The van der Waals surface area contributed by atoms with E-state index < -0.39 is 22.6 Å². The minimum absolute atomic E-state index is 0.100. The van der Waals surface area contributed by atoms with E-state index >= 15 is 0 Å². The standard InChI is InChI=1S/C21H18BFN4O3/c1-25-17(28)11-16(24-15-9-8-12(22)10-14(15)23)18-19(25)27(13-6-4-3-5-7-13)21(30)26(2)20(18)29/h3-11,24H,22H2,1-2H3. The molecule has 0 fully saturated rings. The maximum absolute atomic E-state index is 14.4. The Labute approximate surface area is 171 Å². The van der Waals surface area contributed by atoms with Gasteiger partial charge in [-0.1, -0.05) is 29.7 Å². The topological polar surface area (TPSA) is 78.0 Å². The highest BCUT2D eigenvalue weighted by atomic mass is 19.1. The van der Waals surface area contributed by atoms with Crippen LogP contribution in [0.4, 0.5) is 15.8 Å². The number of fused-ring (bicyclic) bond motifs is 1. The van der Waals surface area contributed by atoms with Crippen LogP contribution in [0.5, 0.6) is 0 Å². The number of para-hydroxylation sites is 1. The fraction of sp³-hybridized carbons (Fsp3) is 0.0952. The molecule has 2 heterocycles. The largest absolute Gasteiger partial charge is 0.352 e. The lowest BCUT2D eigenvalue weighted by molar-refractivity contribution is 0.633. The summed E-state index contributed by atoms with van der Waals surface area (Å²) in [6.07, 6.45) is 0. The molecule has 0 aliphatic heterocycles. The van der Waals surface area contributed by atoms with Crippen molar-refractivity contribution in [3.05, 3.63) is 91.6 Å². The summed E-state index contributed by atoms with van der Waals surface area (Å²) in [4.78, 5) is 38.7. The summed E-state index contributed by atoms with van der Waals surface area (Å²) in [7, 11) is 4.61. The van der Waals surface area contributed by atoms with Crippen molar-refractivity contribution in [1.29, 1.82) is 0 Å². The second kappa shape index (κ2) is 7.18. The lowest BCUT2D eigenvalue weighted by atomic mass is 9.96. The summed E-state index contributed by atoms with van der Waals surface area (Å²) in [5, 5.41) is 2.96. The van der Waals surface area contributed by atoms with Gasteiger partial charge in [-0.15, -0.1) is 0 Å². The van der Waals surface area contributed by atoms with Crippen LogP contribution in [0, 0.1) is 5.82 Å². The molecule has 2 aromatic carbocycles. The number of benzene rings is 2. The summed E-state index contributed by atoms with van der Waals surface area (Å²) in [6, 6.07) is 14.5. The molecule has 0 bridgehead atoms. The predicted octanol–water partition coefficient (Wildman–Crippen LogP) is 0.529. The molecule has 2 aromatic heterocycles. The maximum Gasteiger partial charge on any atom is 0.336 e. The van der Waals surface area contributed by atoms with Crippen molar-refractivity contribution < 1.29 is 4.39 Å². The third-order valence-corrected chi connectivity index (χ3v) is 5.03. The Morgan fingerprint density at radius 3 is 2.27 bits per heavy atom. The van der Waals surface area contributed by atoms with Gasteiger partial charge in [-0.2, -0.15) is 0 Å². The number of halogens is 1. The number of aryl methyl sites for hydroxylation is 1. The molecular weight excluding hydrogens is 386 g/mol. The number of nitrogens with zero attached hydrogens (tertiary/aromatic N) is 3. The molecule has 0 spiro atoms. The van der Waals surface area contributed by atoms with Gasteiger partial charge in [0.1, 0.15) is 24.7 Å². The van der Waals surface area contributed by atoms with Crippen molar-refractivity contribution in [2.75, 3.05) is 5.32 Å². The third kappa shape index (κ3) is 3.04. The van der Waals surface area contributed by atoms with E-state index in [0.717, 1.165) is 10.0 Å². The average Bonchev–Trinajstić information content (AvgIpc) is 2.72. The first-order chi connectivity index (χ1) is 14.3. The van der Waals surface area contributed by atoms with Gasteiger partial charge in [0.05, 0.1) is 17.1 Å². The minimum atomic E-state index is -0.590. The van der Waals surface area contributed by atoms with Gasteiger partial charge in [0.2, 0.25) is 0 Å². The Bertz CT molecular complexity index is 1470. The Balaban J connectivity index is 2.13. The van der Waals surface area contributed by atoms with E-state index in [2.05, 4.69) is 5.32 Å². The molecule has 4 aromatic rings. The predicted molar refractivity (Wildman–Crippen MR) is 118 cm³/mol. The van der Waals surface area contributed by atoms with Crippen LogP contribution in [0.3, 0.4) is 0 Å². The van der Waals surface area contributed by atoms with Crippen LogP contribution in [0.1, 0.15) is 0 Å². The van der Waals surface area contributed by atoms with Gasteiger partial charge in [0.15, 0.2) is 0 Å². The normalized spacial score (nSPS) is 11.0. The molecule has 0 saturated carbocycles. The van der Waals surface area contributed by atoms with Crippen LogP contribution in [-0.4, -0.2) is 21.5 Å². The van der Waals surface area contributed by atoms with Crippen molar-refractivity contribution in [1.82, 2.24) is 13.7 Å². The Hall–Kier alpha value is -3.88. The number of rotatable bonds is 3. The molecule has 150 valence electrons. The van der Waals surface area contributed by atoms with Crippen molar-refractivity contribution in [2.45, 2.75) is 0 Å². The van der Waals surface area contributed by atoms with Gasteiger partial charge in [-0.05, 0) is 24.3 Å². The first kappa shape index (κ1) is 19.4. The van der Waals surface area contributed by atoms with E-state index in [1.165, 1.54) is 41.4 Å². The van der Waals surface area contributed by atoms with E-state index in [-0.39, 0.29) is 22.4 Å². The SMILES string of the molecule is Bc1ccc(Nc2cc(=O)n(C)c3c2c(=O)n(C)c(=O)n3-c2ccccc2)c(F)c1. The van der Waals surface area contributed by atoms with E-state index in [1.807, 2.05) is 0 Å². The van der Waals surface area contributed by atoms with E-state index in [4.69, 9.17) is 0 Å². The van der Waals surface area contributed by atoms with E-state index in [9.17, 15) is 18.8 Å². The van der Waals surface area contributed by atoms with Crippen LogP contribution in [-0.2, 0) is 14.1 Å². The average molecular weight is 404 g/mol. The highest BCUT2D eigenvalue weighted by molar-refractivity contribution is 6.32. The zero-order valence-corrected chi connectivity index (χ0v) is 16.6. The van der Waals surface area contributed by atoms with Crippen LogP contribution in [0.2, 0.25) is 0 Å². The molecule has 7 nitrogen and oxygen atoms in total. The van der Waals surface area contributed by atoms with Gasteiger partial charge < -0.3 is 5.32 Å². The molecule has 0 aliphatic rings. The van der Waals surface area contributed by atoms with Crippen LogP contribution in [0.15, 0.2) is 69.0 Å². The lowest BCUT2D eigenvalue weighted by Crippen LogP contribution is -2.40. The fourth-order valence-corrected chi connectivity index (χ4v) is 3.43. The van der Waals surface area contributed by atoms with Crippen LogP contribution < -0.4 is 27.6 Å². The van der Waals surface area contributed by atoms with Crippen LogP contribution >= 0.6 is 0 Å². The summed E-state index contributed by atoms with van der Waals surface area (Å²) in [6.45, 7) is 0. The molecule has 1 N–H and O–H groups in total. The maximum atomic E-state index is 14.4. The minimum Gasteiger partial charge on any atom is -0.352 e. The highest BCUT2D eigenvalue weighted by Crippen LogP contribution is 2.24. The molecular formula is C21H18BFN4O3. The molecule has 0 saturated heterocycles. The van der Waals surface area contributed by atoms with Gasteiger partial charge in [-0.3, -0.25) is 18.7 Å². The Kier molecular flexibility index (Phi) is 4.65. The lowest BCUT2D eigenvalue weighted by Gasteiger charge is -2.18. The molecule has 0 aliphatic carbocycles. The number of aromatic nitrogens is 3. The molecule has 0 amide bonds. The fourth-order valence-electron chi connectivity index (χ4n) is 3.43. The van der Waals surface area contributed by atoms with Crippen molar-refractivity contribution in [3.8, 4) is 5.69 Å². The number of anilines is 2. The zero-order chi connectivity index (χ0) is 21.6. The van der Waals surface area contributed by atoms with E-state index in [0.29, 0.717) is 5.69 Å². The second-order valence-electron chi connectivity index (χ2n) is 7.08. The number of nitrogens with one attached hydrogen (secondary N) is 1. The Morgan fingerprint density at radius 2 is 1.60 bits per heavy atom. The summed E-state index contributed by atoms with van der Waals surface area (Å²) in [5.74, 6) is -0.517. The zero-order valence-electron chi connectivity index (χ0n) is 16.6. The van der Waals surface area contributed by atoms with Gasteiger partial charge in [0.25, 0.3) is 11.1 Å². The second-order valence-corrected chi connectivity index (χ2v) is 7.08.